The van der Waals surface area contributed by atoms with Crippen LogP contribution in [0.2, 0.25) is 10.0 Å². The molecule has 0 aliphatic rings. The van der Waals surface area contributed by atoms with Gasteiger partial charge >= 0.3 is 0 Å². The van der Waals surface area contributed by atoms with E-state index >= 15 is 0 Å². The summed E-state index contributed by atoms with van der Waals surface area (Å²) in [4.78, 5) is 11.7. The number of hydrogen-bond donors (Lipinski definition) is 1. The van der Waals surface area contributed by atoms with Gasteiger partial charge in [-0.15, -0.1) is 0 Å². The van der Waals surface area contributed by atoms with E-state index < -0.39 is 0 Å². The number of carbonyl (C=O) groups is 1. The van der Waals surface area contributed by atoms with Crippen molar-refractivity contribution in [1.29, 1.82) is 0 Å². The number of rotatable bonds is 11. The number of halogens is 2. The number of amides is 1. The molecule has 1 amide bonds. The highest BCUT2D eigenvalue weighted by molar-refractivity contribution is 6.38. The predicted molar refractivity (Wildman–Crippen MR) is 99.4 cm³/mol. The second-order valence-electron chi connectivity index (χ2n) is 5.65. The van der Waals surface area contributed by atoms with Crippen molar-refractivity contribution < 1.29 is 4.79 Å². The quantitative estimate of drug-likeness (QED) is 0.296. The summed E-state index contributed by atoms with van der Waals surface area (Å²) in [5, 5.41) is 4.94. The van der Waals surface area contributed by atoms with Crippen LogP contribution in [0.15, 0.2) is 23.3 Å². The Hall–Kier alpha value is -1.06. The van der Waals surface area contributed by atoms with Gasteiger partial charge < -0.3 is 0 Å². The Bertz CT molecular complexity index is 484. The lowest BCUT2D eigenvalue weighted by Gasteiger charge is -2.02. The first-order valence-electron chi connectivity index (χ1n) is 8.41. The smallest absolute Gasteiger partial charge is 0.240 e. The third kappa shape index (κ3) is 8.97. The fourth-order valence-electron chi connectivity index (χ4n) is 2.28. The van der Waals surface area contributed by atoms with Crippen LogP contribution in [-0.4, -0.2) is 12.1 Å². The first-order chi connectivity index (χ1) is 11.1. The molecule has 5 heteroatoms. The van der Waals surface area contributed by atoms with Crippen molar-refractivity contribution >= 4 is 35.3 Å². The van der Waals surface area contributed by atoms with Crippen LogP contribution < -0.4 is 5.43 Å². The van der Waals surface area contributed by atoms with Crippen LogP contribution >= 0.6 is 23.2 Å². The Morgan fingerprint density at radius 1 is 1.04 bits per heavy atom. The lowest BCUT2D eigenvalue weighted by Crippen LogP contribution is -2.16. The van der Waals surface area contributed by atoms with Gasteiger partial charge in [0.1, 0.15) is 0 Å². The Kier molecular flexibility index (Phi) is 10.8. The van der Waals surface area contributed by atoms with Crippen LogP contribution in [0.3, 0.4) is 0 Å². The van der Waals surface area contributed by atoms with E-state index in [1.165, 1.54) is 44.7 Å². The van der Waals surface area contributed by atoms with Crippen molar-refractivity contribution in [3.05, 3.63) is 33.8 Å². The molecule has 0 atom stereocenters. The molecule has 0 bridgehead atoms. The maximum absolute atomic E-state index is 11.7. The standard InChI is InChI=1S/C18H26Cl2N2O/c1-2-3-4-5-6-7-8-9-13-18(23)22-21-14-15-16(19)11-10-12-17(15)20/h10-12,14H,2-9,13H2,1H3,(H,22,23)/b21-14+. The Morgan fingerprint density at radius 3 is 2.22 bits per heavy atom. The van der Waals surface area contributed by atoms with Crippen molar-refractivity contribution in [3.8, 4) is 0 Å². The molecule has 0 saturated heterocycles. The van der Waals surface area contributed by atoms with Gasteiger partial charge in [-0.2, -0.15) is 5.10 Å². The molecule has 3 nitrogen and oxygen atoms in total. The van der Waals surface area contributed by atoms with Crippen LogP contribution in [0.4, 0.5) is 0 Å². The summed E-state index contributed by atoms with van der Waals surface area (Å²) in [6.07, 6.45) is 11.7. The van der Waals surface area contributed by atoms with Crippen LogP contribution in [0, 0.1) is 0 Å². The summed E-state index contributed by atoms with van der Waals surface area (Å²) >= 11 is 12.0. The van der Waals surface area contributed by atoms with Gasteiger partial charge in [0, 0.05) is 12.0 Å². The number of benzene rings is 1. The molecule has 128 valence electrons. The molecule has 1 aromatic carbocycles. The lowest BCUT2D eigenvalue weighted by molar-refractivity contribution is -0.121. The van der Waals surface area contributed by atoms with Gasteiger partial charge in [0.15, 0.2) is 0 Å². The first kappa shape index (κ1) is 20.0. The van der Waals surface area contributed by atoms with Crippen LogP contribution in [0.25, 0.3) is 0 Å². The molecule has 1 aromatic rings. The van der Waals surface area contributed by atoms with Crippen molar-refractivity contribution in [2.75, 3.05) is 0 Å². The summed E-state index contributed by atoms with van der Waals surface area (Å²) < 4.78 is 0. The van der Waals surface area contributed by atoms with Crippen molar-refractivity contribution in [2.24, 2.45) is 5.10 Å². The van der Waals surface area contributed by atoms with Gasteiger partial charge in [0.2, 0.25) is 5.91 Å². The van der Waals surface area contributed by atoms with E-state index in [1.54, 1.807) is 18.2 Å². The molecule has 0 aliphatic carbocycles. The van der Waals surface area contributed by atoms with Gasteiger partial charge in [-0.25, -0.2) is 5.43 Å². The Balaban J connectivity index is 2.14. The average Bonchev–Trinajstić information content (AvgIpc) is 2.53. The molecule has 0 unspecified atom stereocenters. The van der Waals surface area contributed by atoms with Gasteiger partial charge in [-0.3, -0.25) is 4.79 Å². The second kappa shape index (κ2) is 12.4. The number of nitrogens with one attached hydrogen (secondary N) is 1. The van der Waals surface area contributed by atoms with E-state index in [9.17, 15) is 4.79 Å². The highest BCUT2D eigenvalue weighted by atomic mass is 35.5. The molecule has 0 fully saturated rings. The van der Waals surface area contributed by atoms with E-state index in [2.05, 4.69) is 17.5 Å². The SMILES string of the molecule is CCCCCCCCCCC(=O)N/N=C/c1c(Cl)cccc1Cl. The minimum Gasteiger partial charge on any atom is -0.273 e. The van der Waals surface area contributed by atoms with E-state index in [0.717, 1.165) is 12.8 Å². The molecular weight excluding hydrogens is 331 g/mol. The highest BCUT2D eigenvalue weighted by Crippen LogP contribution is 2.22. The zero-order valence-electron chi connectivity index (χ0n) is 13.8. The van der Waals surface area contributed by atoms with Gasteiger partial charge in [0.05, 0.1) is 16.3 Å². The number of hydrogen-bond acceptors (Lipinski definition) is 2. The van der Waals surface area contributed by atoms with Crippen molar-refractivity contribution in [1.82, 2.24) is 5.43 Å². The third-order valence-electron chi connectivity index (χ3n) is 3.64. The summed E-state index contributed by atoms with van der Waals surface area (Å²) in [6, 6.07) is 5.23. The molecule has 0 radical (unpaired) electrons. The first-order valence-corrected chi connectivity index (χ1v) is 9.16. The number of unbranched alkanes of at least 4 members (excludes halogenated alkanes) is 7. The maximum Gasteiger partial charge on any atom is 0.240 e. The molecule has 0 spiro atoms. The van der Waals surface area contributed by atoms with Gasteiger partial charge in [-0.1, -0.05) is 81.1 Å². The minimum absolute atomic E-state index is 0.0737. The zero-order chi connectivity index (χ0) is 16.9. The zero-order valence-corrected chi connectivity index (χ0v) is 15.3. The largest absolute Gasteiger partial charge is 0.273 e. The Morgan fingerprint density at radius 2 is 1.61 bits per heavy atom. The molecule has 1 N–H and O–H groups in total. The van der Waals surface area contributed by atoms with E-state index in [4.69, 9.17) is 23.2 Å². The monoisotopic (exact) mass is 356 g/mol. The molecular formula is C18H26Cl2N2O. The second-order valence-corrected chi connectivity index (χ2v) is 6.47. The summed E-state index contributed by atoms with van der Waals surface area (Å²) in [6.45, 7) is 2.22. The molecule has 0 aromatic heterocycles. The van der Waals surface area contributed by atoms with E-state index in [-0.39, 0.29) is 5.91 Å². The molecule has 1 rings (SSSR count). The van der Waals surface area contributed by atoms with Crippen LogP contribution in [0.1, 0.15) is 70.3 Å². The molecule has 0 aliphatic heterocycles. The minimum atomic E-state index is -0.0737. The van der Waals surface area contributed by atoms with E-state index in [1.807, 2.05) is 0 Å². The summed E-state index contributed by atoms with van der Waals surface area (Å²) in [5.74, 6) is -0.0737. The van der Waals surface area contributed by atoms with Gasteiger partial charge in [0.25, 0.3) is 0 Å². The highest BCUT2D eigenvalue weighted by Gasteiger charge is 2.03. The number of nitrogens with zero attached hydrogens (tertiary/aromatic N) is 1. The third-order valence-corrected chi connectivity index (χ3v) is 4.30. The average molecular weight is 357 g/mol. The molecule has 23 heavy (non-hydrogen) atoms. The fourth-order valence-corrected chi connectivity index (χ4v) is 2.77. The summed E-state index contributed by atoms with van der Waals surface area (Å²) in [5.41, 5.74) is 3.13. The predicted octanol–water partition coefficient (Wildman–Crippen LogP) is 5.97. The number of hydrazone groups is 1. The van der Waals surface area contributed by atoms with Gasteiger partial charge in [-0.05, 0) is 18.6 Å². The topological polar surface area (TPSA) is 41.5 Å². The molecule has 0 saturated carbocycles. The van der Waals surface area contributed by atoms with Crippen LogP contribution in [0.5, 0.6) is 0 Å². The Labute approximate surface area is 149 Å². The normalized spacial score (nSPS) is 11.1. The molecule has 0 heterocycles. The lowest BCUT2D eigenvalue weighted by atomic mass is 10.1. The van der Waals surface area contributed by atoms with Crippen molar-refractivity contribution in [3.63, 3.8) is 0 Å². The maximum atomic E-state index is 11.7. The fraction of sp³-hybridized carbons (Fsp3) is 0.556. The van der Waals surface area contributed by atoms with Crippen molar-refractivity contribution in [2.45, 2.75) is 64.7 Å². The number of carbonyl (C=O) groups excluding carboxylic acids is 1. The summed E-state index contributed by atoms with van der Waals surface area (Å²) in [7, 11) is 0. The van der Waals surface area contributed by atoms with E-state index in [0.29, 0.717) is 22.0 Å². The van der Waals surface area contributed by atoms with Crippen LogP contribution in [-0.2, 0) is 4.79 Å².